The molecule has 3 atom stereocenters. The minimum Gasteiger partial charge on any atom is -0.464 e. The Morgan fingerprint density at radius 1 is 1.71 bits per heavy atom. The van der Waals surface area contributed by atoms with Crippen molar-refractivity contribution in [1.82, 2.24) is 0 Å². The van der Waals surface area contributed by atoms with Crippen LogP contribution in [0.5, 0.6) is 0 Å². The smallest absolute Gasteiger partial charge is 0.356 e. The maximum absolute atomic E-state index is 11.6. The molecule has 0 saturated carbocycles. The predicted molar refractivity (Wildman–Crippen MR) is 58.6 cm³/mol. The minimum absolute atomic E-state index is 0.101. The van der Waals surface area contributed by atoms with E-state index in [2.05, 4.69) is 25.8 Å². The van der Waals surface area contributed by atoms with Gasteiger partial charge in [0.15, 0.2) is 17.4 Å². The van der Waals surface area contributed by atoms with Crippen LogP contribution < -0.4 is 0 Å². The summed E-state index contributed by atoms with van der Waals surface area (Å²) in [5.41, 5.74) is -0.645. The van der Waals surface area contributed by atoms with Crippen LogP contribution in [0.2, 0.25) is 0 Å². The summed E-state index contributed by atoms with van der Waals surface area (Å²) in [5, 5.41) is 3.71. The van der Waals surface area contributed by atoms with Crippen LogP contribution in [0.25, 0.3) is 0 Å². The maximum Gasteiger partial charge on any atom is 0.356 e. The summed E-state index contributed by atoms with van der Waals surface area (Å²) >= 11 is 3.16. The molecule has 3 aliphatic rings. The Morgan fingerprint density at radius 3 is 3.18 bits per heavy atom. The van der Waals surface area contributed by atoms with E-state index in [1.807, 2.05) is 0 Å². The fourth-order valence-corrected chi connectivity index (χ4v) is 2.72. The standard InChI is InChI=1S/C10H8BrNO5/c1-15-9(14)5-3-10(17-12-5)2-4(11)6(13)7-8(10)16-7/h2,7-8H,3H2,1H3/t7-,8-,10-/m1/s1. The lowest BCUT2D eigenvalue weighted by molar-refractivity contribution is -0.132. The fourth-order valence-electron chi connectivity index (χ4n) is 2.11. The van der Waals surface area contributed by atoms with Crippen LogP contribution in [0.3, 0.4) is 0 Å². The largest absolute Gasteiger partial charge is 0.464 e. The highest BCUT2D eigenvalue weighted by Gasteiger charge is 2.65. The molecule has 0 bridgehead atoms. The van der Waals surface area contributed by atoms with Gasteiger partial charge in [0.2, 0.25) is 5.78 Å². The van der Waals surface area contributed by atoms with E-state index in [4.69, 9.17) is 9.57 Å². The number of oxime groups is 1. The molecule has 90 valence electrons. The highest BCUT2D eigenvalue weighted by Crippen LogP contribution is 2.47. The van der Waals surface area contributed by atoms with Gasteiger partial charge in [0.05, 0.1) is 11.6 Å². The number of ether oxygens (including phenoxy) is 2. The number of ketones is 1. The van der Waals surface area contributed by atoms with E-state index < -0.39 is 17.7 Å². The molecule has 0 amide bonds. The topological polar surface area (TPSA) is 77.5 Å². The number of fused-ring (bicyclic) bond motifs is 2. The van der Waals surface area contributed by atoms with Gasteiger partial charge in [-0.1, -0.05) is 5.16 Å². The van der Waals surface area contributed by atoms with Gasteiger partial charge in [0.1, 0.15) is 6.10 Å². The molecule has 3 rings (SSSR count). The Bertz CT molecular complexity index is 485. The first-order chi connectivity index (χ1) is 8.07. The second kappa shape index (κ2) is 3.39. The maximum atomic E-state index is 11.6. The van der Waals surface area contributed by atoms with Crippen LogP contribution in [-0.2, 0) is 23.9 Å². The third kappa shape index (κ3) is 1.45. The van der Waals surface area contributed by atoms with E-state index in [-0.39, 0.29) is 24.0 Å². The number of halogens is 1. The lowest BCUT2D eigenvalue weighted by Gasteiger charge is -2.23. The van der Waals surface area contributed by atoms with E-state index in [1.165, 1.54) is 7.11 Å². The molecule has 2 heterocycles. The molecular weight excluding hydrogens is 294 g/mol. The van der Waals surface area contributed by atoms with Crippen LogP contribution in [0.15, 0.2) is 15.7 Å². The monoisotopic (exact) mass is 301 g/mol. The number of carbonyl (C=O) groups excluding carboxylic acids is 2. The number of esters is 1. The van der Waals surface area contributed by atoms with Crippen molar-refractivity contribution in [2.24, 2.45) is 5.16 Å². The Hall–Kier alpha value is -1.21. The highest BCUT2D eigenvalue weighted by atomic mass is 79.9. The molecule has 1 fully saturated rings. The number of carbonyl (C=O) groups is 2. The molecular formula is C10H8BrNO5. The van der Waals surface area contributed by atoms with E-state index in [1.54, 1.807) is 6.08 Å². The Balaban J connectivity index is 1.87. The van der Waals surface area contributed by atoms with Gasteiger partial charge in [-0.15, -0.1) is 0 Å². The van der Waals surface area contributed by atoms with Crippen LogP contribution in [0, 0.1) is 0 Å². The summed E-state index contributed by atoms with van der Waals surface area (Å²) in [6.45, 7) is 0. The summed E-state index contributed by atoms with van der Waals surface area (Å²) in [7, 11) is 1.28. The van der Waals surface area contributed by atoms with Crippen molar-refractivity contribution in [3.8, 4) is 0 Å². The molecule has 7 heteroatoms. The molecule has 0 radical (unpaired) electrons. The average Bonchev–Trinajstić information content (AvgIpc) is 3.03. The summed E-state index contributed by atoms with van der Waals surface area (Å²) in [6, 6.07) is 0. The fraction of sp³-hybridized carbons (Fsp3) is 0.500. The second-order valence-corrected chi connectivity index (χ2v) is 4.94. The molecule has 0 aromatic carbocycles. The quantitative estimate of drug-likeness (QED) is 0.514. The number of epoxide rings is 1. The van der Waals surface area contributed by atoms with Gasteiger partial charge in [0, 0.05) is 6.42 Å². The minimum atomic E-state index is -0.846. The Morgan fingerprint density at radius 2 is 2.47 bits per heavy atom. The number of hydrogen-bond donors (Lipinski definition) is 0. The number of methoxy groups -OCH3 is 1. The normalized spacial score (nSPS) is 38.1. The number of rotatable bonds is 1. The highest BCUT2D eigenvalue weighted by molar-refractivity contribution is 9.12. The van der Waals surface area contributed by atoms with Crippen molar-refractivity contribution in [3.05, 3.63) is 10.6 Å². The lowest BCUT2D eigenvalue weighted by atomic mass is 9.86. The van der Waals surface area contributed by atoms with Gasteiger partial charge < -0.3 is 14.3 Å². The van der Waals surface area contributed by atoms with Crippen molar-refractivity contribution in [1.29, 1.82) is 0 Å². The molecule has 1 aliphatic carbocycles. The second-order valence-electron chi connectivity index (χ2n) is 4.09. The lowest BCUT2D eigenvalue weighted by Crippen LogP contribution is -2.40. The van der Waals surface area contributed by atoms with Crippen molar-refractivity contribution >= 4 is 33.4 Å². The average molecular weight is 302 g/mol. The molecule has 1 saturated heterocycles. The summed E-state index contributed by atoms with van der Waals surface area (Å²) in [6.07, 6.45) is 1.02. The molecule has 1 spiro atoms. The summed E-state index contributed by atoms with van der Waals surface area (Å²) < 4.78 is 10.3. The van der Waals surface area contributed by atoms with Crippen molar-refractivity contribution < 1.29 is 23.9 Å². The van der Waals surface area contributed by atoms with Gasteiger partial charge in [-0.25, -0.2) is 4.79 Å². The van der Waals surface area contributed by atoms with Crippen LogP contribution in [0.1, 0.15) is 6.42 Å². The third-order valence-electron chi connectivity index (χ3n) is 3.03. The SMILES string of the molecule is COC(=O)C1=NO[C@]2(C=C(Br)C(=O)[C@H]3O[C@H]32)C1. The van der Waals surface area contributed by atoms with Crippen LogP contribution in [0.4, 0.5) is 0 Å². The van der Waals surface area contributed by atoms with E-state index in [0.29, 0.717) is 4.48 Å². The first kappa shape index (κ1) is 10.9. The van der Waals surface area contributed by atoms with E-state index in [9.17, 15) is 9.59 Å². The van der Waals surface area contributed by atoms with Crippen molar-refractivity contribution in [2.45, 2.75) is 24.2 Å². The van der Waals surface area contributed by atoms with E-state index in [0.717, 1.165) is 0 Å². The molecule has 6 nitrogen and oxygen atoms in total. The molecule has 17 heavy (non-hydrogen) atoms. The van der Waals surface area contributed by atoms with Crippen LogP contribution in [-0.4, -0.2) is 42.4 Å². The molecule has 0 aromatic rings. The number of Topliss-reactive ketones (excluding diaryl/α,β-unsaturated/α-hetero) is 1. The predicted octanol–water partition coefficient (Wildman–Crippen LogP) is 0.303. The number of nitrogens with zero attached hydrogens (tertiary/aromatic N) is 1. The zero-order chi connectivity index (χ0) is 12.2. The molecule has 2 aliphatic heterocycles. The van der Waals surface area contributed by atoms with E-state index >= 15 is 0 Å². The van der Waals surface area contributed by atoms with Gasteiger partial charge >= 0.3 is 5.97 Å². The van der Waals surface area contributed by atoms with Gasteiger partial charge in [-0.3, -0.25) is 4.79 Å². The zero-order valence-corrected chi connectivity index (χ0v) is 10.4. The Labute approximate surface area is 105 Å². The molecule has 0 aromatic heterocycles. The number of hydrogen-bond acceptors (Lipinski definition) is 6. The van der Waals surface area contributed by atoms with Crippen molar-refractivity contribution in [2.75, 3.05) is 7.11 Å². The van der Waals surface area contributed by atoms with Crippen molar-refractivity contribution in [3.63, 3.8) is 0 Å². The summed E-state index contributed by atoms with van der Waals surface area (Å²) in [4.78, 5) is 28.2. The van der Waals surface area contributed by atoms with Gasteiger partial charge in [0.25, 0.3) is 0 Å². The van der Waals surface area contributed by atoms with Gasteiger partial charge in [-0.2, -0.15) is 0 Å². The zero-order valence-electron chi connectivity index (χ0n) is 8.81. The van der Waals surface area contributed by atoms with Crippen LogP contribution >= 0.6 is 15.9 Å². The third-order valence-corrected chi connectivity index (χ3v) is 3.65. The molecule has 0 N–H and O–H groups in total. The van der Waals surface area contributed by atoms with Gasteiger partial charge in [-0.05, 0) is 22.0 Å². The Kier molecular flexibility index (Phi) is 2.18. The summed E-state index contributed by atoms with van der Waals surface area (Å²) in [5.74, 6) is -0.628. The molecule has 0 unspecified atom stereocenters. The first-order valence-corrected chi connectivity index (χ1v) is 5.78. The first-order valence-electron chi connectivity index (χ1n) is 4.99.